The number of aliphatic carboxylic acids is 1. The van der Waals surface area contributed by atoms with Crippen LogP contribution in [0.4, 0.5) is 0 Å². The minimum atomic E-state index is -1.51. The molecule has 0 heterocycles. The van der Waals surface area contributed by atoms with Gasteiger partial charge in [-0.2, -0.15) is 0 Å². The Labute approximate surface area is 475 Å². The van der Waals surface area contributed by atoms with Crippen molar-refractivity contribution >= 4 is 17.9 Å². The quantitative estimate of drug-likeness (QED) is 0.0211. The van der Waals surface area contributed by atoms with Gasteiger partial charge in [0.1, 0.15) is 13.2 Å². The van der Waals surface area contributed by atoms with Crippen LogP contribution in [0.3, 0.4) is 0 Å². The third-order valence-electron chi connectivity index (χ3n) is 14.2. The molecule has 0 radical (unpaired) electrons. The van der Waals surface area contributed by atoms with Crippen LogP contribution in [0.5, 0.6) is 0 Å². The molecule has 0 aromatic heterocycles. The summed E-state index contributed by atoms with van der Waals surface area (Å²) in [5, 5.41) is 9.73. The summed E-state index contributed by atoms with van der Waals surface area (Å²) in [6.45, 7) is 4.89. The van der Waals surface area contributed by atoms with Gasteiger partial charge >= 0.3 is 17.9 Å². The van der Waals surface area contributed by atoms with Crippen LogP contribution in [-0.4, -0.2) is 87.4 Å². The molecule has 0 bridgehead atoms. The first-order chi connectivity index (χ1) is 37.6. The Hall–Kier alpha value is -3.01. The van der Waals surface area contributed by atoms with Crippen LogP contribution in [0.15, 0.2) is 60.8 Å². The number of unbranched alkanes of at least 4 members (excludes halogenated alkanes) is 35. The Bertz CT molecular complexity index is 1450. The molecule has 0 fully saturated rings. The van der Waals surface area contributed by atoms with Gasteiger partial charge in [0, 0.05) is 12.8 Å². The number of nitrogens with zero attached hydrogens (tertiary/aromatic N) is 1. The monoisotopic (exact) mass is 1080 g/mol. The smallest absolute Gasteiger partial charge is 0.361 e. The molecule has 2 atom stereocenters. The topological polar surface area (TPSA) is 108 Å². The summed E-state index contributed by atoms with van der Waals surface area (Å²) in [6, 6.07) is 0. The van der Waals surface area contributed by atoms with E-state index >= 15 is 0 Å². The Balaban J connectivity index is 4.17. The van der Waals surface area contributed by atoms with E-state index in [2.05, 4.69) is 74.6 Å². The lowest BCUT2D eigenvalue weighted by atomic mass is 10.0. The van der Waals surface area contributed by atoms with Crippen molar-refractivity contribution in [3.05, 3.63) is 60.8 Å². The molecule has 9 heteroatoms. The molecule has 448 valence electrons. The SMILES string of the molecule is CCCCCCC/C=C\C/C=C\C/C=C\CCCCCCCCCCCCC(=O)OC(COC(=O)CCCCCCCCCCCCCCCCC/C=C\C/C=C\CCCCCCC)COC(OCC[N+](C)(C)C)C(=O)O. The minimum absolute atomic E-state index is 0.183. The Morgan fingerprint density at radius 2 is 0.701 bits per heavy atom. The van der Waals surface area contributed by atoms with Crippen molar-refractivity contribution in [3.8, 4) is 0 Å². The lowest BCUT2D eigenvalue weighted by Crippen LogP contribution is -2.40. The second kappa shape index (κ2) is 59.1. The van der Waals surface area contributed by atoms with Crippen molar-refractivity contribution in [2.45, 2.75) is 309 Å². The number of likely N-dealkylation sites (N-methyl/N-ethyl adjacent to an activating group) is 1. The number of ether oxygens (including phenoxy) is 4. The van der Waals surface area contributed by atoms with Gasteiger partial charge in [0.15, 0.2) is 6.10 Å². The van der Waals surface area contributed by atoms with E-state index in [1.54, 1.807) is 0 Å². The number of rotatable bonds is 60. The van der Waals surface area contributed by atoms with Crippen molar-refractivity contribution in [3.63, 3.8) is 0 Å². The summed E-state index contributed by atoms with van der Waals surface area (Å²) in [4.78, 5) is 37.5. The zero-order chi connectivity index (χ0) is 56.2. The molecular formula is C68H124NO8+. The molecule has 0 amide bonds. The van der Waals surface area contributed by atoms with Gasteiger partial charge in [0.25, 0.3) is 6.29 Å². The Morgan fingerprint density at radius 1 is 0.390 bits per heavy atom. The predicted octanol–water partition coefficient (Wildman–Crippen LogP) is 19.6. The fraction of sp³-hybridized carbons (Fsp3) is 0.809. The van der Waals surface area contributed by atoms with Crippen molar-refractivity contribution in [1.82, 2.24) is 0 Å². The summed E-state index contributed by atoms with van der Waals surface area (Å²) in [6.07, 6.45) is 73.1. The highest BCUT2D eigenvalue weighted by atomic mass is 16.7. The van der Waals surface area contributed by atoms with Crippen LogP contribution in [-0.2, 0) is 33.3 Å². The number of allylic oxidation sites excluding steroid dienone is 10. The molecule has 0 spiro atoms. The van der Waals surface area contributed by atoms with Crippen LogP contribution in [0.25, 0.3) is 0 Å². The number of carbonyl (C=O) groups excluding carboxylic acids is 2. The van der Waals surface area contributed by atoms with E-state index in [1.165, 1.54) is 205 Å². The van der Waals surface area contributed by atoms with Gasteiger partial charge in [0.05, 0.1) is 34.4 Å². The molecule has 0 aromatic rings. The molecule has 77 heavy (non-hydrogen) atoms. The third-order valence-corrected chi connectivity index (χ3v) is 14.2. The average molecular weight is 1080 g/mol. The number of hydrogen-bond acceptors (Lipinski definition) is 7. The summed E-state index contributed by atoms with van der Waals surface area (Å²) >= 11 is 0. The highest BCUT2D eigenvalue weighted by Gasteiger charge is 2.25. The second-order valence-electron chi connectivity index (χ2n) is 23.1. The van der Waals surface area contributed by atoms with Crippen molar-refractivity contribution in [1.29, 1.82) is 0 Å². The maximum absolute atomic E-state index is 12.9. The van der Waals surface area contributed by atoms with Gasteiger partial charge in [-0.25, -0.2) is 4.79 Å². The fourth-order valence-corrected chi connectivity index (χ4v) is 9.23. The van der Waals surface area contributed by atoms with E-state index in [0.29, 0.717) is 17.4 Å². The zero-order valence-electron chi connectivity index (χ0n) is 51.1. The molecule has 0 aliphatic rings. The van der Waals surface area contributed by atoms with Crippen LogP contribution in [0, 0.1) is 0 Å². The summed E-state index contributed by atoms with van der Waals surface area (Å²) < 4.78 is 23.0. The normalized spacial score (nSPS) is 13.1. The highest BCUT2D eigenvalue weighted by molar-refractivity contribution is 5.71. The second-order valence-corrected chi connectivity index (χ2v) is 23.1. The van der Waals surface area contributed by atoms with Crippen LogP contribution >= 0.6 is 0 Å². The Kier molecular flexibility index (Phi) is 56.8. The average Bonchev–Trinajstić information content (AvgIpc) is 3.40. The van der Waals surface area contributed by atoms with Gasteiger partial charge in [-0.05, 0) is 83.5 Å². The number of carboxylic acids is 1. The lowest BCUT2D eigenvalue weighted by molar-refractivity contribution is -0.870. The van der Waals surface area contributed by atoms with Crippen molar-refractivity contribution < 1.29 is 42.9 Å². The zero-order valence-corrected chi connectivity index (χ0v) is 51.1. The van der Waals surface area contributed by atoms with E-state index in [-0.39, 0.29) is 32.2 Å². The van der Waals surface area contributed by atoms with E-state index in [1.807, 2.05) is 21.1 Å². The molecule has 0 aliphatic carbocycles. The largest absolute Gasteiger partial charge is 0.477 e. The molecule has 0 saturated heterocycles. The molecule has 0 aromatic carbocycles. The fourth-order valence-electron chi connectivity index (χ4n) is 9.23. The van der Waals surface area contributed by atoms with E-state index in [4.69, 9.17) is 18.9 Å². The molecule has 0 rings (SSSR count). The predicted molar refractivity (Wildman–Crippen MR) is 327 cm³/mol. The van der Waals surface area contributed by atoms with E-state index in [9.17, 15) is 19.5 Å². The molecule has 0 aliphatic heterocycles. The van der Waals surface area contributed by atoms with Gasteiger partial charge < -0.3 is 28.5 Å². The van der Waals surface area contributed by atoms with Gasteiger partial charge in [-0.1, -0.05) is 261 Å². The van der Waals surface area contributed by atoms with E-state index < -0.39 is 24.3 Å². The molecular weight excluding hydrogens is 959 g/mol. The summed E-state index contributed by atoms with van der Waals surface area (Å²) in [5.74, 6) is -2.00. The van der Waals surface area contributed by atoms with Crippen molar-refractivity contribution in [2.75, 3.05) is 47.5 Å². The molecule has 9 nitrogen and oxygen atoms in total. The summed E-state index contributed by atoms with van der Waals surface area (Å²) in [7, 11) is 5.98. The maximum atomic E-state index is 12.9. The Morgan fingerprint density at radius 3 is 1.04 bits per heavy atom. The highest BCUT2D eigenvalue weighted by Crippen LogP contribution is 2.17. The summed E-state index contributed by atoms with van der Waals surface area (Å²) in [5.41, 5.74) is 0. The van der Waals surface area contributed by atoms with Crippen molar-refractivity contribution in [2.24, 2.45) is 0 Å². The lowest BCUT2D eigenvalue weighted by Gasteiger charge is -2.25. The molecule has 0 saturated carbocycles. The molecule has 1 N–H and O–H groups in total. The minimum Gasteiger partial charge on any atom is -0.477 e. The van der Waals surface area contributed by atoms with Crippen LogP contribution in [0.2, 0.25) is 0 Å². The van der Waals surface area contributed by atoms with Gasteiger partial charge in [-0.3, -0.25) is 9.59 Å². The number of hydrogen-bond donors (Lipinski definition) is 1. The number of carboxylic acid groups (broad SMARTS) is 1. The van der Waals surface area contributed by atoms with Gasteiger partial charge in [-0.15, -0.1) is 0 Å². The number of quaternary nitrogens is 1. The number of carbonyl (C=O) groups is 3. The third kappa shape index (κ3) is 60.5. The maximum Gasteiger partial charge on any atom is 0.361 e. The molecule has 2 unspecified atom stereocenters. The number of esters is 2. The van der Waals surface area contributed by atoms with Crippen LogP contribution in [0.1, 0.15) is 296 Å². The van der Waals surface area contributed by atoms with Gasteiger partial charge in [0.2, 0.25) is 0 Å². The van der Waals surface area contributed by atoms with E-state index in [0.717, 1.165) is 64.2 Å². The first kappa shape index (κ1) is 74.0. The van der Waals surface area contributed by atoms with Crippen LogP contribution < -0.4 is 0 Å². The standard InChI is InChI=1S/C68H123NO8/c1-6-8-10-12-14-16-18-20-22-24-26-28-30-32-33-35-36-38-40-42-44-46-48-50-52-54-56-58-65(70)75-62-64(63-76-68(67(72)73)74-61-60-69(3,4)5)77-66(71)59-57-55-53-51-49-47-45-43-41-39-37-34-31-29-27-25-23-21-19-17-15-13-11-9-7-2/h18-21,24-27,31,34,64,68H,6-17,22-23,28-30,32-33,35-63H2,1-5H3/p+1/b20-18-,21-19-,26-24-,27-25-,34-31-. The first-order valence-corrected chi connectivity index (χ1v) is 32.5. The first-order valence-electron chi connectivity index (χ1n) is 32.5.